The molecular formula is C19H25Cl3SiSnTi. The van der Waals surface area contributed by atoms with E-state index in [0.29, 0.717) is 3.93 Å². The van der Waals surface area contributed by atoms with Crippen molar-refractivity contribution in [2.45, 2.75) is 26.9 Å². The van der Waals surface area contributed by atoms with E-state index < -0.39 is 42.4 Å². The van der Waals surface area contributed by atoms with Gasteiger partial charge in [0.1, 0.15) is 0 Å². The average Bonchev–Trinajstić information content (AvgIpc) is 3.28. The van der Waals surface area contributed by atoms with Crippen molar-refractivity contribution in [1.82, 2.24) is 0 Å². The van der Waals surface area contributed by atoms with Crippen LogP contribution < -0.4 is 0 Å². The minimum absolute atomic E-state index is 0.556. The van der Waals surface area contributed by atoms with Gasteiger partial charge in [-0.25, -0.2) is 0 Å². The first-order valence-corrected chi connectivity index (χ1v) is 26.4. The van der Waals surface area contributed by atoms with Crippen LogP contribution >= 0.6 is 27.5 Å². The summed E-state index contributed by atoms with van der Waals surface area (Å²) in [7, 11) is 15.0. The molecule has 25 heavy (non-hydrogen) atoms. The Morgan fingerprint density at radius 3 is 1.76 bits per heavy atom. The van der Waals surface area contributed by atoms with Crippen LogP contribution in [0.4, 0.5) is 0 Å². The van der Waals surface area contributed by atoms with Crippen LogP contribution in [0.5, 0.6) is 0 Å². The van der Waals surface area contributed by atoms with Crippen LogP contribution in [-0.4, -0.2) is 25.3 Å². The molecule has 2 fully saturated rings. The van der Waals surface area contributed by atoms with Crippen molar-refractivity contribution in [1.29, 1.82) is 0 Å². The molecule has 0 aromatic carbocycles. The maximum atomic E-state index is 6.74. The number of hydrogen-bond donors (Lipinski definition) is 0. The first kappa shape index (κ1) is 25.1. The van der Waals surface area contributed by atoms with Gasteiger partial charge in [-0.2, -0.15) is 0 Å². The number of allylic oxidation sites excluding steroid dienone is 4. The predicted octanol–water partition coefficient (Wildman–Crippen LogP) is 6.89. The molecule has 0 aliphatic heterocycles. The second-order valence-corrected chi connectivity index (χ2v) is 31.1. The summed E-state index contributed by atoms with van der Waals surface area (Å²) in [5.74, 6) is 0. The molecule has 3 aliphatic rings. The van der Waals surface area contributed by atoms with E-state index in [1.807, 2.05) is 32.1 Å². The summed E-state index contributed by atoms with van der Waals surface area (Å²) in [4.78, 5) is 4.64. The van der Waals surface area contributed by atoms with Gasteiger partial charge in [0, 0.05) is 0 Å². The van der Waals surface area contributed by atoms with Gasteiger partial charge < -0.3 is 0 Å². The van der Waals surface area contributed by atoms with Crippen LogP contribution in [0.3, 0.4) is 0 Å². The van der Waals surface area contributed by atoms with E-state index in [1.54, 1.807) is 5.20 Å². The van der Waals surface area contributed by atoms with Crippen molar-refractivity contribution >= 4 is 52.9 Å². The molecule has 0 spiro atoms. The molecule has 0 aromatic heterocycles. The summed E-state index contributed by atoms with van der Waals surface area (Å²) in [6.07, 6.45) is 25.8. The minimum atomic E-state index is -2.40. The van der Waals surface area contributed by atoms with E-state index in [2.05, 4.69) is 66.9 Å². The van der Waals surface area contributed by atoms with Gasteiger partial charge in [0.15, 0.2) is 0 Å². The fourth-order valence-electron chi connectivity index (χ4n) is 2.95. The predicted molar refractivity (Wildman–Crippen MR) is 115 cm³/mol. The Morgan fingerprint density at radius 2 is 1.36 bits per heavy atom. The van der Waals surface area contributed by atoms with Gasteiger partial charge in [0.25, 0.3) is 0 Å². The normalized spacial score (nSPS) is 23.5. The standard InChI is InChI=1S/C12H14Si.C5H5.2CH3.3ClH.Sn.Ti/c1-13(2,11-7-3-4-8-11)12-9-5-6-10-12;1-2-4-5-3-1;;;;;;;/h3-10H,1-2H3;1-5H;2*1H3;3*1H;;/q;;;;;;;+1;+2/p-3. The zero-order chi connectivity index (χ0) is 18.9. The summed E-state index contributed by atoms with van der Waals surface area (Å²) in [5, 5.41) is 1.64. The number of halogens is 3. The third kappa shape index (κ3) is 8.54. The van der Waals surface area contributed by atoms with Gasteiger partial charge in [0.2, 0.25) is 0 Å². The molecule has 0 saturated heterocycles. The Hall–Kier alpha value is 2.08. The second-order valence-electron chi connectivity index (χ2n) is 6.88. The van der Waals surface area contributed by atoms with Gasteiger partial charge in [-0.1, -0.05) is 0 Å². The zero-order valence-corrected chi connectivity index (χ0v) is 22.8. The van der Waals surface area contributed by atoms with Gasteiger partial charge in [-0.3, -0.25) is 0 Å². The van der Waals surface area contributed by atoms with Crippen molar-refractivity contribution in [2.24, 2.45) is 0 Å². The molecule has 0 nitrogen and oxygen atoms in total. The summed E-state index contributed by atoms with van der Waals surface area (Å²) in [6.45, 7) is 4.89. The number of hydrogen-bond acceptors (Lipinski definition) is 0. The van der Waals surface area contributed by atoms with E-state index in [4.69, 9.17) is 27.5 Å². The van der Waals surface area contributed by atoms with Crippen LogP contribution in [0.2, 0.25) is 26.9 Å². The molecule has 3 rings (SSSR count). The summed E-state index contributed by atoms with van der Waals surface area (Å²) in [6, 6.07) is 0. The molecule has 0 N–H and O–H groups in total. The molecule has 0 amide bonds. The Bertz CT molecular complexity index is 429. The molecule has 6 heteroatoms. The molecule has 0 bridgehead atoms. The third-order valence-electron chi connectivity index (χ3n) is 4.32. The fraction of sp³-hybridized carbons (Fsp3) is 0.263. The topological polar surface area (TPSA) is 0 Å². The van der Waals surface area contributed by atoms with Crippen LogP contribution in [0.1, 0.15) is 0 Å². The van der Waals surface area contributed by atoms with Crippen LogP contribution in [0.15, 0.2) is 23.4 Å². The monoisotopic (exact) mass is 554 g/mol. The quantitative estimate of drug-likeness (QED) is 0.334. The van der Waals surface area contributed by atoms with Crippen molar-refractivity contribution < 1.29 is 17.0 Å². The second kappa shape index (κ2) is 12.6. The van der Waals surface area contributed by atoms with Crippen molar-refractivity contribution in [2.75, 3.05) is 0 Å². The van der Waals surface area contributed by atoms with E-state index in [1.165, 1.54) is 5.54 Å². The summed E-state index contributed by atoms with van der Waals surface area (Å²) < 4.78 is 0.586. The summed E-state index contributed by atoms with van der Waals surface area (Å²) >= 11 is -2.96. The molecular weight excluding hydrogens is 529 g/mol. The Morgan fingerprint density at radius 1 is 0.920 bits per heavy atom. The van der Waals surface area contributed by atoms with E-state index in [9.17, 15) is 0 Å². The van der Waals surface area contributed by atoms with Crippen molar-refractivity contribution in [3.8, 4) is 0 Å². The molecule has 3 aliphatic carbocycles. The van der Waals surface area contributed by atoms with Gasteiger partial charge >= 0.3 is 151 Å². The molecule has 2 saturated carbocycles. The molecule has 1 unspecified atom stereocenters. The van der Waals surface area contributed by atoms with Crippen LogP contribution in [0.25, 0.3) is 0 Å². The first-order valence-electron chi connectivity index (χ1n) is 8.18. The molecule has 134 valence electrons. The fourth-order valence-corrected chi connectivity index (χ4v) is 17.1. The molecule has 0 aromatic rings. The van der Waals surface area contributed by atoms with Gasteiger partial charge in [-0.15, -0.1) is 0 Å². The summed E-state index contributed by atoms with van der Waals surface area (Å²) in [5.41, 5.74) is 1.53. The average molecular weight is 554 g/mol. The Labute approximate surface area is 181 Å². The van der Waals surface area contributed by atoms with Crippen molar-refractivity contribution in [3.63, 3.8) is 0 Å². The SMILES string of the molecule is C[Si](C)([C]1[CH][CH][CH][CH]1)C1=CC=C[CH]1[Sn]([CH3])([CH3])[Cl].[CH]1[CH][CH][CH][CH]1.[Cl][Ti][Cl]. The Balaban J connectivity index is 0.000000324. The van der Waals surface area contributed by atoms with Crippen LogP contribution in [0, 0.1) is 63.3 Å². The Kier molecular flexibility index (Phi) is 12.7. The first-order chi connectivity index (χ1) is 11.7. The van der Waals surface area contributed by atoms with Crippen molar-refractivity contribution in [3.05, 3.63) is 86.8 Å². The van der Waals surface area contributed by atoms with E-state index in [0.717, 1.165) is 0 Å². The molecule has 10 radical (unpaired) electrons. The van der Waals surface area contributed by atoms with Gasteiger partial charge in [0.05, 0.1) is 0 Å². The third-order valence-corrected chi connectivity index (χ3v) is 16.1. The van der Waals surface area contributed by atoms with Gasteiger partial charge in [-0.05, 0) is 32.1 Å². The zero-order valence-electron chi connectivity index (χ0n) is 15.1. The number of rotatable bonds is 3. The van der Waals surface area contributed by atoms with Crippen LogP contribution in [-0.2, 0) is 17.0 Å². The maximum absolute atomic E-state index is 6.74. The molecule has 0 heterocycles. The molecule has 1 atom stereocenters. The van der Waals surface area contributed by atoms with E-state index >= 15 is 0 Å². The van der Waals surface area contributed by atoms with E-state index in [-0.39, 0.29) is 0 Å².